The topological polar surface area (TPSA) is 35.5 Å². The van der Waals surface area contributed by atoms with E-state index in [1.165, 1.54) is 24.9 Å². The molecule has 3 nitrogen and oxygen atoms in total. The first-order valence-corrected chi connectivity index (χ1v) is 8.31. The molecule has 1 aliphatic heterocycles. The molecule has 118 valence electrons. The van der Waals surface area contributed by atoms with Gasteiger partial charge in [0.25, 0.3) is 0 Å². The summed E-state index contributed by atoms with van der Waals surface area (Å²) < 4.78 is 0. The van der Waals surface area contributed by atoms with Gasteiger partial charge in [-0.3, -0.25) is 4.90 Å². The number of hydrogen-bond donors (Lipinski definition) is 2. The van der Waals surface area contributed by atoms with Crippen LogP contribution in [0.4, 0.5) is 0 Å². The molecule has 1 aromatic carbocycles. The highest BCUT2D eigenvalue weighted by Crippen LogP contribution is 2.16. The monoisotopic (exact) mass is 290 g/mol. The molecule has 0 aliphatic carbocycles. The van der Waals surface area contributed by atoms with E-state index in [-0.39, 0.29) is 0 Å². The van der Waals surface area contributed by atoms with Crippen molar-refractivity contribution in [3.05, 3.63) is 35.9 Å². The fraction of sp³-hybridized carbons (Fsp3) is 0.667. The second kappa shape index (κ2) is 7.92. The maximum absolute atomic E-state index is 10.3. The Morgan fingerprint density at radius 1 is 1.33 bits per heavy atom. The molecule has 0 radical (unpaired) electrons. The average molecular weight is 290 g/mol. The van der Waals surface area contributed by atoms with E-state index >= 15 is 0 Å². The Morgan fingerprint density at radius 2 is 2.10 bits per heavy atom. The van der Waals surface area contributed by atoms with Crippen LogP contribution in [0.5, 0.6) is 0 Å². The predicted molar refractivity (Wildman–Crippen MR) is 88.3 cm³/mol. The number of nitrogens with zero attached hydrogens (tertiary/aromatic N) is 1. The number of aliphatic hydroxyl groups is 1. The Bertz CT molecular complexity index is 405. The van der Waals surface area contributed by atoms with Crippen LogP contribution in [0.3, 0.4) is 0 Å². The van der Waals surface area contributed by atoms with E-state index in [0.29, 0.717) is 12.6 Å². The molecule has 1 aliphatic rings. The molecule has 1 saturated heterocycles. The number of nitrogens with one attached hydrogen (secondary N) is 1. The molecular formula is C18H30N2O. The second-order valence-corrected chi connectivity index (χ2v) is 6.69. The van der Waals surface area contributed by atoms with Gasteiger partial charge in [0.2, 0.25) is 0 Å². The summed E-state index contributed by atoms with van der Waals surface area (Å²) in [6.07, 6.45) is 4.34. The third-order valence-electron chi connectivity index (χ3n) is 4.31. The van der Waals surface area contributed by atoms with E-state index < -0.39 is 5.60 Å². The van der Waals surface area contributed by atoms with Gasteiger partial charge in [0.15, 0.2) is 0 Å². The summed E-state index contributed by atoms with van der Waals surface area (Å²) in [6, 6.07) is 11.2. The molecule has 1 aromatic rings. The molecule has 2 N–H and O–H groups in total. The van der Waals surface area contributed by atoms with Crippen LogP contribution < -0.4 is 5.32 Å². The number of rotatable bonds is 7. The van der Waals surface area contributed by atoms with Crippen molar-refractivity contribution in [2.45, 2.75) is 57.7 Å². The highest BCUT2D eigenvalue weighted by atomic mass is 16.3. The molecule has 0 spiro atoms. The standard InChI is InChI=1S/C18H30N2O/c1-3-11-18(2,21)15-19-17-10-7-12-20(14-17)13-16-8-5-4-6-9-16/h4-6,8-9,17,19,21H,3,7,10-15H2,1-2H3. The summed E-state index contributed by atoms with van der Waals surface area (Å²) in [5.74, 6) is 0. The minimum atomic E-state index is -0.573. The Balaban J connectivity index is 1.78. The Morgan fingerprint density at radius 3 is 2.81 bits per heavy atom. The third kappa shape index (κ3) is 5.77. The molecule has 0 amide bonds. The zero-order valence-electron chi connectivity index (χ0n) is 13.5. The molecule has 2 unspecified atom stereocenters. The smallest absolute Gasteiger partial charge is 0.0743 e. The number of hydrogen-bond acceptors (Lipinski definition) is 3. The molecule has 0 saturated carbocycles. The van der Waals surface area contributed by atoms with Gasteiger partial charge in [-0.1, -0.05) is 43.7 Å². The molecule has 2 atom stereocenters. The molecule has 0 aromatic heterocycles. The Hall–Kier alpha value is -0.900. The summed E-state index contributed by atoms with van der Waals surface area (Å²) in [4.78, 5) is 2.52. The van der Waals surface area contributed by atoms with E-state index in [4.69, 9.17) is 0 Å². The zero-order chi connectivity index (χ0) is 15.1. The lowest BCUT2D eigenvalue weighted by Crippen LogP contribution is -2.49. The maximum Gasteiger partial charge on any atom is 0.0743 e. The lowest BCUT2D eigenvalue weighted by Gasteiger charge is -2.35. The normalized spacial score (nSPS) is 22.9. The van der Waals surface area contributed by atoms with Crippen molar-refractivity contribution in [2.24, 2.45) is 0 Å². The van der Waals surface area contributed by atoms with Crippen molar-refractivity contribution in [3.63, 3.8) is 0 Å². The molecule has 3 heteroatoms. The quantitative estimate of drug-likeness (QED) is 0.810. The lowest BCUT2D eigenvalue weighted by atomic mass is 9.99. The molecule has 1 heterocycles. The van der Waals surface area contributed by atoms with Crippen molar-refractivity contribution in [1.82, 2.24) is 10.2 Å². The van der Waals surface area contributed by atoms with E-state index in [1.54, 1.807) is 0 Å². The van der Waals surface area contributed by atoms with Gasteiger partial charge >= 0.3 is 0 Å². The highest BCUT2D eigenvalue weighted by Gasteiger charge is 2.24. The summed E-state index contributed by atoms with van der Waals surface area (Å²) in [6.45, 7) is 8.05. The van der Waals surface area contributed by atoms with Gasteiger partial charge in [-0.15, -0.1) is 0 Å². The van der Waals surface area contributed by atoms with Crippen molar-refractivity contribution in [1.29, 1.82) is 0 Å². The molecular weight excluding hydrogens is 260 g/mol. The van der Waals surface area contributed by atoms with Gasteiger partial charge < -0.3 is 10.4 Å². The number of benzene rings is 1. The van der Waals surface area contributed by atoms with Crippen LogP contribution in [-0.2, 0) is 6.54 Å². The zero-order valence-corrected chi connectivity index (χ0v) is 13.5. The Labute approximate surface area is 129 Å². The van der Waals surface area contributed by atoms with Gasteiger partial charge in [-0.2, -0.15) is 0 Å². The van der Waals surface area contributed by atoms with Crippen LogP contribution in [0.25, 0.3) is 0 Å². The van der Waals surface area contributed by atoms with Crippen LogP contribution in [0.1, 0.15) is 45.1 Å². The first-order chi connectivity index (χ1) is 10.1. The van der Waals surface area contributed by atoms with Crippen LogP contribution in [-0.4, -0.2) is 41.3 Å². The fourth-order valence-electron chi connectivity index (χ4n) is 3.20. The first-order valence-electron chi connectivity index (χ1n) is 8.31. The summed E-state index contributed by atoms with van der Waals surface area (Å²) in [5.41, 5.74) is 0.812. The average Bonchev–Trinajstić information content (AvgIpc) is 2.47. The molecule has 21 heavy (non-hydrogen) atoms. The largest absolute Gasteiger partial charge is 0.389 e. The number of likely N-dealkylation sites (tertiary alicyclic amines) is 1. The van der Waals surface area contributed by atoms with E-state index in [2.05, 4.69) is 47.5 Å². The minimum absolute atomic E-state index is 0.505. The first kappa shape index (κ1) is 16.5. The van der Waals surface area contributed by atoms with Crippen molar-refractivity contribution in [2.75, 3.05) is 19.6 Å². The van der Waals surface area contributed by atoms with E-state index in [0.717, 1.165) is 25.9 Å². The minimum Gasteiger partial charge on any atom is -0.389 e. The van der Waals surface area contributed by atoms with Gasteiger partial charge in [0.05, 0.1) is 5.60 Å². The summed E-state index contributed by atoms with van der Waals surface area (Å²) in [5, 5.41) is 13.8. The van der Waals surface area contributed by atoms with Gasteiger partial charge in [0.1, 0.15) is 0 Å². The lowest BCUT2D eigenvalue weighted by molar-refractivity contribution is 0.0428. The van der Waals surface area contributed by atoms with Crippen LogP contribution >= 0.6 is 0 Å². The van der Waals surface area contributed by atoms with Gasteiger partial charge in [0, 0.05) is 25.7 Å². The molecule has 0 bridgehead atoms. The van der Waals surface area contributed by atoms with Crippen molar-refractivity contribution in [3.8, 4) is 0 Å². The van der Waals surface area contributed by atoms with Crippen LogP contribution in [0.15, 0.2) is 30.3 Å². The number of piperidine rings is 1. The predicted octanol–water partition coefficient (Wildman–Crippen LogP) is 2.79. The van der Waals surface area contributed by atoms with Gasteiger partial charge in [-0.05, 0) is 38.3 Å². The third-order valence-corrected chi connectivity index (χ3v) is 4.31. The fourth-order valence-corrected chi connectivity index (χ4v) is 3.20. The summed E-state index contributed by atoms with van der Waals surface area (Å²) >= 11 is 0. The van der Waals surface area contributed by atoms with Crippen LogP contribution in [0.2, 0.25) is 0 Å². The maximum atomic E-state index is 10.3. The second-order valence-electron chi connectivity index (χ2n) is 6.69. The molecule has 2 rings (SSSR count). The Kier molecular flexibility index (Phi) is 6.22. The van der Waals surface area contributed by atoms with Crippen molar-refractivity contribution < 1.29 is 5.11 Å². The van der Waals surface area contributed by atoms with Crippen molar-refractivity contribution >= 4 is 0 Å². The summed E-state index contributed by atoms with van der Waals surface area (Å²) in [7, 11) is 0. The SMILES string of the molecule is CCCC(C)(O)CNC1CCCN(Cc2ccccc2)C1. The van der Waals surface area contributed by atoms with E-state index in [9.17, 15) is 5.11 Å². The molecule has 1 fully saturated rings. The van der Waals surface area contributed by atoms with Crippen LogP contribution in [0, 0.1) is 0 Å². The van der Waals surface area contributed by atoms with E-state index in [1.807, 2.05) is 6.92 Å². The van der Waals surface area contributed by atoms with Gasteiger partial charge in [-0.25, -0.2) is 0 Å². The highest BCUT2D eigenvalue weighted by molar-refractivity contribution is 5.14.